The lowest BCUT2D eigenvalue weighted by Gasteiger charge is -2.12. The van der Waals surface area contributed by atoms with E-state index in [1.165, 1.54) is 4.68 Å². The molecule has 0 saturated heterocycles. The molecule has 0 aliphatic heterocycles. The molecule has 1 N–H and O–H groups in total. The zero-order valence-corrected chi connectivity index (χ0v) is 17.2. The van der Waals surface area contributed by atoms with Crippen LogP contribution in [-0.4, -0.2) is 33.0 Å². The minimum Gasteiger partial charge on any atom is -0.277 e. The van der Waals surface area contributed by atoms with E-state index in [-0.39, 0.29) is 22.8 Å². The number of halogens is 3. The molecule has 164 valence electrons. The van der Waals surface area contributed by atoms with Crippen LogP contribution in [0.25, 0.3) is 16.7 Å². The molecule has 0 radical (unpaired) electrons. The molecule has 0 aliphatic rings. The third-order valence-corrected chi connectivity index (χ3v) is 5.98. The van der Waals surface area contributed by atoms with Crippen molar-refractivity contribution in [1.29, 1.82) is 5.26 Å². The van der Waals surface area contributed by atoms with Crippen LogP contribution < -0.4 is 4.72 Å². The van der Waals surface area contributed by atoms with Gasteiger partial charge in [0.15, 0.2) is 5.82 Å². The first kappa shape index (κ1) is 21.3. The van der Waals surface area contributed by atoms with Gasteiger partial charge in [0.2, 0.25) is 0 Å². The normalized spacial score (nSPS) is 12.1. The number of fused-ring (bicyclic) bond motifs is 1. The Morgan fingerprint density at radius 3 is 2.69 bits per heavy atom. The monoisotopic (exact) mass is 461 g/mol. The Hall–Kier alpha value is -3.92. The molecule has 4 aromatic rings. The van der Waals surface area contributed by atoms with Crippen molar-refractivity contribution in [3.05, 3.63) is 60.2 Å². The van der Waals surface area contributed by atoms with Gasteiger partial charge in [-0.1, -0.05) is 12.1 Å². The number of alkyl halides is 3. The molecule has 4 rings (SSSR count). The molecule has 0 bridgehead atoms. The van der Waals surface area contributed by atoms with Gasteiger partial charge in [0.1, 0.15) is 4.90 Å². The minimum absolute atomic E-state index is 0.0492. The highest BCUT2D eigenvalue weighted by Crippen LogP contribution is 2.31. The first-order chi connectivity index (χ1) is 15.1. The molecule has 0 spiro atoms. The van der Waals surface area contributed by atoms with Crippen molar-refractivity contribution in [2.75, 3.05) is 4.72 Å². The lowest BCUT2D eigenvalue weighted by Crippen LogP contribution is -2.15. The number of nitrogens with one attached hydrogen (secondary N) is 1. The highest BCUT2D eigenvalue weighted by Gasteiger charge is 2.31. The molecule has 0 atom stereocenters. The van der Waals surface area contributed by atoms with E-state index in [1.54, 1.807) is 25.4 Å². The van der Waals surface area contributed by atoms with E-state index in [0.717, 1.165) is 35.4 Å². The van der Waals surface area contributed by atoms with Gasteiger partial charge in [-0.25, -0.2) is 18.1 Å². The van der Waals surface area contributed by atoms with E-state index in [1.807, 2.05) is 6.07 Å². The third-order valence-electron chi connectivity index (χ3n) is 4.67. The molecular formula is C19H14F3N7O2S. The fourth-order valence-corrected chi connectivity index (χ4v) is 4.18. The standard InChI is InChI=1S/C19H14F3N7O2S/c1-28-18-13(9-25-28)3-2-12(4-6-23)17(18)27-32(30,31)15-10-26-29(11-15)16-8-14(5-7-24-16)19(20,21)22/h2-3,5,7-11,27H,4H2,1H3. The van der Waals surface area contributed by atoms with Gasteiger partial charge >= 0.3 is 6.18 Å². The lowest BCUT2D eigenvalue weighted by atomic mass is 10.1. The second kappa shape index (κ2) is 7.65. The topological polar surface area (TPSA) is 118 Å². The van der Waals surface area contributed by atoms with Crippen molar-refractivity contribution in [3.8, 4) is 11.9 Å². The number of nitriles is 1. The number of rotatable bonds is 5. The number of anilines is 1. The summed E-state index contributed by atoms with van der Waals surface area (Å²) in [5, 5.41) is 17.7. The van der Waals surface area contributed by atoms with Crippen LogP contribution in [0.15, 0.2) is 53.9 Å². The van der Waals surface area contributed by atoms with Crippen molar-refractivity contribution < 1.29 is 21.6 Å². The predicted molar refractivity (Wildman–Crippen MR) is 107 cm³/mol. The van der Waals surface area contributed by atoms with Gasteiger partial charge in [0.05, 0.1) is 47.8 Å². The highest BCUT2D eigenvalue weighted by atomic mass is 32.2. The molecule has 0 saturated carbocycles. The third kappa shape index (κ3) is 3.87. The number of hydrogen-bond donors (Lipinski definition) is 1. The average Bonchev–Trinajstić information content (AvgIpc) is 3.37. The fraction of sp³-hybridized carbons (Fsp3) is 0.158. The Morgan fingerprint density at radius 2 is 1.97 bits per heavy atom. The van der Waals surface area contributed by atoms with E-state index in [4.69, 9.17) is 5.26 Å². The Labute approximate surface area is 179 Å². The summed E-state index contributed by atoms with van der Waals surface area (Å²) in [6, 6.07) is 6.91. The van der Waals surface area contributed by atoms with Crippen molar-refractivity contribution in [1.82, 2.24) is 24.5 Å². The zero-order valence-electron chi connectivity index (χ0n) is 16.4. The maximum Gasteiger partial charge on any atom is 0.416 e. The number of nitrogens with zero attached hydrogens (tertiary/aromatic N) is 6. The maximum absolute atomic E-state index is 13.0. The molecule has 0 amide bonds. The summed E-state index contributed by atoms with van der Waals surface area (Å²) in [7, 11) is -2.57. The summed E-state index contributed by atoms with van der Waals surface area (Å²) in [6.45, 7) is 0. The number of hydrogen-bond acceptors (Lipinski definition) is 6. The zero-order chi connectivity index (χ0) is 23.1. The van der Waals surface area contributed by atoms with Gasteiger partial charge in [-0.05, 0) is 17.7 Å². The van der Waals surface area contributed by atoms with Gasteiger partial charge in [-0.3, -0.25) is 9.40 Å². The molecular weight excluding hydrogens is 447 g/mol. The van der Waals surface area contributed by atoms with Crippen molar-refractivity contribution in [3.63, 3.8) is 0 Å². The molecule has 3 aromatic heterocycles. The quantitative estimate of drug-likeness (QED) is 0.488. The molecule has 0 aliphatic carbocycles. The Kier molecular flexibility index (Phi) is 5.09. The molecule has 32 heavy (non-hydrogen) atoms. The number of pyridine rings is 1. The lowest BCUT2D eigenvalue weighted by molar-refractivity contribution is -0.137. The molecule has 3 heterocycles. The Morgan fingerprint density at radius 1 is 1.19 bits per heavy atom. The molecule has 0 fully saturated rings. The number of sulfonamides is 1. The van der Waals surface area contributed by atoms with Crippen LogP contribution in [0.1, 0.15) is 11.1 Å². The average molecular weight is 461 g/mol. The predicted octanol–water partition coefficient (Wildman–Crippen LogP) is 3.04. The van der Waals surface area contributed by atoms with Crippen LogP contribution in [0.5, 0.6) is 0 Å². The van der Waals surface area contributed by atoms with Crippen LogP contribution >= 0.6 is 0 Å². The number of aryl methyl sites for hydroxylation is 1. The Balaban J connectivity index is 1.73. The first-order valence-corrected chi connectivity index (χ1v) is 10.5. The second-order valence-electron chi connectivity index (χ2n) is 6.77. The maximum atomic E-state index is 13.0. The fourth-order valence-electron chi connectivity index (χ4n) is 3.14. The summed E-state index contributed by atoms with van der Waals surface area (Å²) in [6.07, 6.45) is -0.0629. The summed E-state index contributed by atoms with van der Waals surface area (Å²) in [5.74, 6) is -0.194. The molecule has 13 heteroatoms. The molecule has 9 nitrogen and oxygen atoms in total. The van der Waals surface area contributed by atoms with Gasteiger partial charge in [-0.2, -0.15) is 28.6 Å². The van der Waals surface area contributed by atoms with E-state index in [0.29, 0.717) is 16.5 Å². The summed E-state index contributed by atoms with van der Waals surface area (Å²) >= 11 is 0. The van der Waals surface area contributed by atoms with E-state index in [9.17, 15) is 21.6 Å². The van der Waals surface area contributed by atoms with Gasteiger partial charge in [0.25, 0.3) is 10.0 Å². The van der Waals surface area contributed by atoms with Crippen LogP contribution in [0.3, 0.4) is 0 Å². The van der Waals surface area contributed by atoms with Crippen LogP contribution in [-0.2, 0) is 29.7 Å². The van der Waals surface area contributed by atoms with Crippen molar-refractivity contribution >= 4 is 26.6 Å². The van der Waals surface area contributed by atoms with Crippen LogP contribution in [0.4, 0.5) is 18.9 Å². The number of aromatic nitrogens is 5. The smallest absolute Gasteiger partial charge is 0.277 e. The largest absolute Gasteiger partial charge is 0.416 e. The Bertz CT molecular complexity index is 1470. The molecule has 0 unspecified atom stereocenters. The van der Waals surface area contributed by atoms with E-state index >= 15 is 0 Å². The second-order valence-corrected chi connectivity index (χ2v) is 8.45. The van der Waals surface area contributed by atoms with Gasteiger partial charge in [0, 0.05) is 18.6 Å². The van der Waals surface area contributed by atoms with Crippen LogP contribution in [0.2, 0.25) is 0 Å². The SMILES string of the molecule is Cn1ncc2ccc(CC#N)c(NS(=O)(=O)c3cnn(-c4cc(C(F)(F)F)ccn4)c3)c21. The van der Waals surface area contributed by atoms with Gasteiger partial charge in [-0.15, -0.1) is 0 Å². The summed E-state index contributed by atoms with van der Waals surface area (Å²) in [4.78, 5) is 3.53. The van der Waals surface area contributed by atoms with Crippen molar-refractivity contribution in [2.45, 2.75) is 17.5 Å². The van der Waals surface area contributed by atoms with E-state index < -0.39 is 21.8 Å². The minimum atomic E-state index is -4.58. The van der Waals surface area contributed by atoms with Crippen LogP contribution in [0, 0.1) is 11.3 Å². The first-order valence-electron chi connectivity index (χ1n) is 9.02. The summed E-state index contributed by atoms with van der Waals surface area (Å²) in [5.41, 5.74) is 0.172. The van der Waals surface area contributed by atoms with Gasteiger partial charge < -0.3 is 0 Å². The van der Waals surface area contributed by atoms with Crippen molar-refractivity contribution in [2.24, 2.45) is 7.05 Å². The van der Waals surface area contributed by atoms with E-state index in [2.05, 4.69) is 19.9 Å². The summed E-state index contributed by atoms with van der Waals surface area (Å²) < 4.78 is 69.8. The number of benzene rings is 1. The molecule has 1 aromatic carbocycles. The highest BCUT2D eigenvalue weighted by molar-refractivity contribution is 7.92.